The number of hydrogen-bond acceptors (Lipinski definition) is 2. The first kappa shape index (κ1) is 10.0. The van der Waals surface area contributed by atoms with Gasteiger partial charge in [-0.1, -0.05) is 6.07 Å². The molecule has 0 heterocycles. The number of benzene rings is 1. The maximum Gasteiger partial charge on any atom is 0.0208 e. The van der Waals surface area contributed by atoms with Gasteiger partial charge in [-0.05, 0) is 43.6 Å². The molecule has 0 aliphatic heterocycles. The third-order valence-electron chi connectivity index (χ3n) is 1.74. The fourth-order valence-corrected chi connectivity index (χ4v) is 2.54. The number of hydrogen-bond donors (Lipinski definition) is 0. The molecular formula is C10H13S2. The molecule has 0 atom stereocenters. The summed E-state index contributed by atoms with van der Waals surface area (Å²) in [4.78, 5) is 2.73. The van der Waals surface area contributed by atoms with Crippen LogP contribution in [0.4, 0.5) is 0 Å². The highest BCUT2D eigenvalue weighted by Crippen LogP contribution is 2.28. The Morgan fingerprint density at radius 3 is 2.33 bits per heavy atom. The molecule has 2 heteroatoms. The lowest BCUT2D eigenvalue weighted by Gasteiger charge is -2.05. The first-order valence-corrected chi connectivity index (χ1v) is 6.27. The van der Waals surface area contributed by atoms with Gasteiger partial charge < -0.3 is 0 Å². The standard InChI is InChI=1S/C10H13S2/c1-4-8-5-6-9(11-2)10(7-8)12-3/h5-7H,1,4H2,2-3H3. The summed E-state index contributed by atoms with van der Waals surface area (Å²) < 4.78 is 0. The van der Waals surface area contributed by atoms with Crippen LogP contribution in [-0.4, -0.2) is 12.5 Å². The highest BCUT2D eigenvalue weighted by molar-refractivity contribution is 8.01. The van der Waals surface area contributed by atoms with Gasteiger partial charge in [0, 0.05) is 9.79 Å². The Labute approximate surface area is 83.1 Å². The van der Waals surface area contributed by atoms with E-state index in [9.17, 15) is 0 Å². The van der Waals surface area contributed by atoms with E-state index in [2.05, 4.69) is 37.6 Å². The van der Waals surface area contributed by atoms with Crippen molar-refractivity contribution < 1.29 is 0 Å². The van der Waals surface area contributed by atoms with E-state index >= 15 is 0 Å². The molecular weight excluding hydrogens is 184 g/mol. The summed E-state index contributed by atoms with van der Waals surface area (Å²) >= 11 is 3.60. The Morgan fingerprint density at radius 2 is 1.83 bits per heavy atom. The molecule has 0 bridgehead atoms. The molecule has 0 saturated carbocycles. The van der Waals surface area contributed by atoms with Gasteiger partial charge in [-0.3, -0.25) is 0 Å². The van der Waals surface area contributed by atoms with Crippen molar-refractivity contribution in [3.63, 3.8) is 0 Å². The van der Waals surface area contributed by atoms with Gasteiger partial charge in [-0.25, -0.2) is 0 Å². The van der Waals surface area contributed by atoms with Gasteiger partial charge in [-0.2, -0.15) is 0 Å². The van der Waals surface area contributed by atoms with E-state index in [0.717, 1.165) is 6.42 Å². The van der Waals surface area contributed by atoms with Crippen molar-refractivity contribution in [1.29, 1.82) is 0 Å². The highest BCUT2D eigenvalue weighted by atomic mass is 32.2. The third-order valence-corrected chi connectivity index (χ3v) is 3.44. The predicted molar refractivity (Wildman–Crippen MR) is 59.1 cm³/mol. The summed E-state index contributed by atoms with van der Waals surface area (Å²) in [5, 5.41) is 0. The summed E-state index contributed by atoms with van der Waals surface area (Å²) in [6.07, 6.45) is 5.10. The normalized spacial score (nSPS) is 10.2. The second kappa shape index (κ2) is 4.83. The van der Waals surface area contributed by atoms with Crippen LogP contribution in [0, 0.1) is 6.92 Å². The summed E-state index contributed by atoms with van der Waals surface area (Å²) in [5.74, 6) is 0. The molecule has 0 nitrogen and oxygen atoms in total. The molecule has 12 heavy (non-hydrogen) atoms. The van der Waals surface area contributed by atoms with Crippen LogP contribution in [-0.2, 0) is 6.42 Å². The Balaban J connectivity index is 3.02. The zero-order valence-corrected chi connectivity index (χ0v) is 9.10. The fraction of sp³-hybridized carbons (Fsp3) is 0.300. The van der Waals surface area contributed by atoms with E-state index in [1.165, 1.54) is 15.4 Å². The van der Waals surface area contributed by atoms with Crippen LogP contribution in [0.15, 0.2) is 28.0 Å². The van der Waals surface area contributed by atoms with E-state index in [4.69, 9.17) is 0 Å². The van der Waals surface area contributed by atoms with Crippen LogP contribution in [0.25, 0.3) is 0 Å². The molecule has 0 fully saturated rings. The minimum atomic E-state index is 0.877. The molecule has 1 aromatic rings. The smallest absolute Gasteiger partial charge is 0.0208 e. The molecule has 1 aromatic carbocycles. The van der Waals surface area contributed by atoms with Crippen molar-refractivity contribution in [1.82, 2.24) is 0 Å². The van der Waals surface area contributed by atoms with Crippen molar-refractivity contribution in [3.05, 3.63) is 30.7 Å². The molecule has 0 spiro atoms. The lowest BCUT2D eigenvalue weighted by molar-refractivity contribution is 1.16. The Bertz CT molecular complexity index is 256. The second-order valence-electron chi connectivity index (χ2n) is 2.44. The van der Waals surface area contributed by atoms with E-state index in [1.807, 2.05) is 0 Å². The number of rotatable bonds is 3. The lowest BCUT2D eigenvalue weighted by atomic mass is 10.2. The van der Waals surface area contributed by atoms with Gasteiger partial charge in [0.1, 0.15) is 0 Å². The molecule has 0 N–H and O–H groups in total. The molecule has 65 valence electrons. The molecule has 0 aliphatic carbocycles. The summed E-state index contributed by atoms with van der Waals surface area (Å²) in [7, 11) is 0. The van der Waals surface area contributed by atoms with Gasteiger partial charge in [-0.15, -0.1) is 23.5 Å². The van der Waals surface area contributed by atoms with Crippen molar-refractivity contribution in [3.8, 4) is 0 Å². The Morgan fingerprint density at radius 1 is 1.17 bits per heavy atom. The third kappa shape index (κ3) is 2.20. The Kier molecular flexibility index (Phi) is 4.02. The van der Waals surface area contributed by atoms with E-state index in [1.54, 1.807) is 23.5 Å². The van der Waals surface area contributed by atoms with Crippen LogP contribution in [0.2, 0.25) is 0 Å². The maximum absolute atomic E-state index is 3.87. The van der Waals surface area contributed by atoms with E-state index < -0.39 is 0 Å². The van der Waals surface area contributed by atoms with Crippen LogP contribution >= 0.6 is 23.5 Å². The summed E-state index contributed by atoms with van der Waals surface area (Å²) in [6.45, 7) is 3.87. The SMILES string of the molecule is [CH2]Cc1ccc(SC)c(SC)c1. The topological polar surface area (TPSA) is 0 Å². The summed E-state index contributed by atoms with van der Waals surface area (Å²) in [6, 6.07) is 6.55. The van der Waals surface area contributed by atoms with Gasteiger partial charge in [0.25, 0.3) is 0 Å². The van der Waals surface area contributed by atoms with Crippen molar-refractivity contribution in [2.24, 2.45) is 0 Å². The van der Waals surface area contributed by atoms with Crippen molar-refractivity contribution in [2.75, 3.05) is 12.5 Å². The van der Waals surface area contributed by atoms with E-state index in [-0.39, 0.29) is 0 Å². The minimum Gasteiger partial charge on any atom is -0.128 e. The average molecular weight is 197 g/mol. The van der Waals surface area contributed by atoms with Gasteiger partial charge in [0.15, 0.2) is 0 Å². The van der Waals surface area contributed by atoms with Crippen molar-refractivity contribution in [2.45, 2.75) is 16.2 Å². The van der Waals surface area contributed by atoms with Crippen LogP contribution in [0.1, 0.15) is 5.56 Å². The molecule has 0 amide bonds. The molecule has 1 radical (unpaired) electrons. The van der Waals surface area contributed by atoms with Crippen LogP contribution in [0.3, 0.4) is 0 Å². The van der Waals surface area contributed by atoms with Gasteiger partial charge >= 0.3 is 0 Å². The summed E-state index contributed by atoms with van der Waals surface area (Å²) in [5.41, 5.74) is 1.32. The minimum absolute atomic E-state index is 0.877. The molecule has 0 saturated heterocycles. The zero-order chi connectivity index (χ0) is 8.97. The highest BCUT2D eigenvalue weighted by Gasteiger charge is 2.00. The second-order valence-corrected chi connectivity index (χ2v) is 4.14. The number of thioether (sulfide) groups is 2. The van der Waals surface area contributed by atoms with Crippen molar-refractivity contribution >= 4 is 23.5 Å². The Hall–Kier alpha value is -0.0800. The zero-order valence-electron chi connectivity index (χ0n) is 7.46. The molecule has 0 aliphatic rings. The molecule has 0 unspecified atom stereocenters. The predicted octanol–water partition coefficient (Wildman–Crippen LogP) is 3.51. The van der Waals surface area contributed by atoms with E-state index in [0.29, 0.717) is 0 Å². The quantitative estimate of drug-likeness (QED) is 0.680. The lowest BCUT2D eigenvalue weighted by Crippen LogP contribution is -1.83. The van der Waals surface area contributed by atoms with Gasteiger partial charge in [0.2, 0.25) is 0 Å². The van der Waals surface area contributed by atoms with Gasteiger partial charge in [0.05, 0.1) is 0 Å². The largest absolute Gasteiger partial charge is 0.128 e. The fourth-order valence-electron chi connectivity index (χ4n) is 1.04. The van der Waals surface area contributed by atoms with Crippen LogP contribution < -0.4 is 0 Å². The maximum atomic E-state index is 3.87. The average Bonchev–Trinajstić information content (AvgIpc) is 2.16. The first-order chi connectivity index (χ1) is 5.81. The molecule has 0 aromatic heterocycles. The first-order valence-electron chi connectivity index (χ1n) is 3.82. The van der Waals surface area contributed by atoms with Crippen LogP contribution in [0.5, 0.6) is 0 Å². The monoisotopic (exact) mass is 197 g/mol. The molecule has 1 rings (SSSR count).